The monoisotopic (exact) mass is 412 g/mol. The van der Waals surface area contributed by atoms with Crippen molar-refractivity contribution in [2.45, 2.75) is 6.42 Å². The lowest BCUT2D eigenvalue weighted by atomic mass is 10.0. The Labute approximate surface area is 179 Å². The molecular weight excluding hydrogens is 392 g/mol. The molecule has 31 heavy (non-hydrogen) atoms. The maximum Gasteiger partial charge on any atom is 0.259 e. The van der Waals surface area contributed by atoms with E-state index in [9.17, 15) is 10.1 Å². The summed E-state index contributed by atoms with van der Waals surface area (Å²) < 4.78 is 5.47. The minimum absolute atomic E-state index is 0.107. The van der Waals surface area contributed by atoms with E-state index in [1.807, 2.05) is 18.2 Å². The van der Waals surface area contributed by atoms with Gasteiger partial charge in [0.2, 0.25) is 5.95 Å². The number of morpholine rings is 1. The summed E-state index contributed by atoms with van der Waals surface area (Å²) in [6.07, 6.45) is 3.88. The molecule has 2 aliphatic rings. The van der Waals surface area contributed by atoms with Crippen LogP contribution in [-0.4, -0.2) is 53.7 Å². The van der Waals surface area contributed by atoms with E-state index in [1.165, 1.54) is 0 Å². The first kappa shape index (κ1) is 19.2. The smallest absolute Gasteiger partial charge is 0.259 e. The van der Waals surface area contributed by atoms with Gasteiger partial charge < -0.3 is 9.64 Å². The molecule has 1 aromatic carbocycles. The lowest BCUT2D eigenvalue weighted by molar-refractivity contribution is 0.0988. The predicted octanol–water partition coefficient (Wildman–Crippen LogP) is 2.45. The Kier molecular flexibility index (Phi) is 5.02. The van der Waals surface area contributed by atoms with Crippen LogP contribution in [0.5, 0.6) is 0 Å². The molecule has 0 saturated carbocycles. The minimum atomic E-state index is -0.107. The van der Waals surface area contributed by atoms with Crippen LogP contribution in [0.25, 0.3) is 11.3 Å². The van der Waals surface area contributed by atoms with Crippen LogP contribution in [0.4, 0.5) is 11.8 Å². The van der Waals surface area contributed by atoms with E-state index in [-0.39, 0.29) is 5.91 Å². The zero-order valence-electron chi connectivity index (χ0n) is 16.9. The molecule has 154 valence electrons. The van der Waals surface area contributed by atoms with E-state index >= 15 is 0 Å². The van der Waals surface area contributed by atoms with Crippen molar-refractivity contribution >= 4 is 17.7 Å². The fraction of sp³-hybridized carbons (Fsp3) is 0.261. The molecule has 8 nitrogen and oxygen atoms in total. The number of nitriles is 1. The van der Waals surface area contributed by atoms with Crippen LogP contribution in [0, 0.1) is 11.3 Å². The number of anilines is 2. The maximum atomic E-state index is 13.2. The van der Waals surface area contributed by atoms with E-state index < -0.39 is 0 Å². The molecule has 2 aromatic heterocycles. The van der Waals surface area contributed by atoms with Crippen LogP contribution in [-0.2, 0) is 11.2 Å². The summed E-state index contributed by atoms with van der Waals surface area (Å²) in [5.74, 6) is 1.11. The highest BCUT2D eigenvalue weighted by Crippen LogP contribution is 2.36. The normalized spacial score (nSPS) is 15.5. The number of amides is 1. The van der Waals surface area contributed by atoms with Gasteiger partial charge in [0.25, 0.3) is 5.91 Å². The number of pyridine rings is 1. The number of carbonyl (C=O) groups is 1. The second kappa shape index (κ2) is 8.13. The first-order chi connectivity index (χ1) is 15.2. The molecular formula is C23H20N6O2. The average molecular weight is 412 g/mol. The number of nitrogens with zero attached hydrogens (tertiary/aromatic N) is 6. The largest absolute Gasteiger partial charge is 0.378 e. The van der Waals surface area contributed by atoms with Crippen molar-refractivity contribution in [1.29, 1.82) is 5.26 Å². The van der Waals surface area contributed by atoms with Gasteiger partial charge in [0, 0.05) is 48.7 Å². The first-order valence-electron chi connectivity index (χ1n) is 10.2. The van der Waals surface area contributed by atoms with Gasteiger partial charge in [-0.2, -0.15) is 10.2 Å². The second-order valence-corrected chi connectivity index (χ2v) is 7.41. The molecule has 1 amide bonds. The van der Waals surface area contributed by atoms with Crippen molar-refractivity contribution in [3.63, 3.8) is 0 Å². The SMILES string of the molecule is N#Cc1cccc(-c2nc(N3CCOCC3)nc3c2CCN3C(=O)c2ccncc2)c1. The van der Waals surface area contributed by atoms with Gasteiger partial charge >= 0.3 is 0 Å². The number of benzene rings is 1. The number of rotatable bonds is 3. The molecule has 4 heterocycles. The number of carbonyl (C=O) groups excluding carboxylic acids is 1. The molecule has 0 radical (unpaired) electrons. The summed E-state index contributed by atoms with van der Waals surface area (Å²) in [7, 11) is 0. The van der Waals surface area contributed by atoms with Crippen molar-refractivity contribution in [2.75, 3.05) is 42.6 Å². The topological polar surface area (TPSA) is 95.2 Å². The summed E-state index contributed by atoms with van der Waals surface area (Å²) in [4.78, 5) is 30.7. The molecule has 0 unspecified atom stereocenters. The fourth-order valence-electron chi connectivity index (χ4n) is 3.97. The van der Waals surface area contributed by atoms with E-state index in [4.69, 9.17) is 14.7 Å². The van der Waals surface area contributed by atoms with Crippen LogP contribution < -0.4 is 9.80 Å². The Bertz CT molecular complexity index is 1170. The highest BCUT2D eigenvalue weighted by Gasteiger charge is 2.32. The van der Waals surface area contributed by atoms with Crippen LogP contribution in [0.1, 0.15) is 21.5 Å². The molecule has 0 spiro atoms. The van der Waals surface area contributed by atoms with Gasteiger partial charge in [-0.25, -0.2) is 4.98 Å². The molecule has 8 heteroatoms. The fourth-order valence-corrected chi connectivity index (χ4v) is 3.97. The Morgan fingerprint density at radius 3 is 2.65 bits per heavy atom. The molecule has 3 aromatic rings. The lowest BCUT2D eigenvalue weighted by Gasteiger charge is -2.28. The average Bonchev–Trinajstić information content (AvgIpc) is 3.28. The Balaban J connectivity index is 1.63. The Morgan fingerprint density at radius 2 is 1.87 bits per heavy atom. The number of ether oxygens (including phenoxy) is 1. The zero-order valence-corrected chi connectivity index (χ0v) is 16.9. The predicted molar refractivity (Wildman–Crippen MR) is 115 cm³/mol. The minimum Gasteiger partial charge on any atom is -0.378 e. The van der Waals surface area contributed by atoms with Crippen LogP contribution in [0.15, 0.2) is 48.8 Å². The Hall–Kier alpha value is -3.83. The first-order valence-corrected chi connectivity index (χ1v) is 10.2. The van der Waals surface area contributed by atoms with Crippen LogP contribution in [0.3, 0.4) is 0 Å². The molecule has 1 fully saturated rings. The van der Waals surface area contributed by atoms with Crippen molar-refractivity contribution in [1.82, 2.24) is 15.0 Å². The molecule has 0 aliphatic carbocycles. The third-order valence-electron chi connectivity index (χ3n) is 5.55. The summed E-state index contributed by atoms with van der Waals surface area (Å²) >= 11 is 0. The van der Waals surface area contributed by atoms with Gasteiger partial charge in [-0.1, -0.05) is 12.1 Å². The van der Waals surface area contributed by atoms with Gasteiger partial charge in [-0.3, -0.25) is 14.7 Å². The number of fused-ring (bicyclic) bond motifs is 1. The quantitative estimate of drug-likeness (QED) is 0.652. The van der Waals surface area contributed by atoms with Crippen LogP contribution >= 0.6 is 0 Å². The molecule has 5 rings (SSSR count). The lowest BCUT2D eigenvalue weighted by Crippen LogP contribution is -2.38. The number of aromatic nitrogens is 3. The summed E-state index contributed by atoms with van der Waals surface area (Å²) in [6.45, 7) is 3.13. The highest BCUT2D eigenvalue weighted by molar-refractivity contribution is 6.07. The van der Waals surface area contributed by atoms with Gasteiger partial charge in [-0.15, -0.1) is 0 Å². The van der Waals surface area contributed by atoms with Gasteiger partial charge in [-0.05, 0) is 30.7 Å². The number of hydrogen-bond acceptors (Lipinski definition) is 7. The molecule has 2 aliphatic heterocycles. The van der Waals surface area contributed by atoms with Crippen molar-refractivity contribution in [3.8, 4) is 17.3 Å². The van der Waals surface area contributed by atoms with Crippen LogP contribution in [0.2, 0.25) is 0 Å². The van der Waals surface area contributed by atoms with Gasteiger partial charge in [0.05, 0.1) is 30.5 Å². The van der Waals surface area contributed by atoms with E-state index in [0.29, 0.717) is 62.2 Å². The summed E-state index contributed by atoms with van der Waals surface area (Å²) in [6, 6.07) is 13.0. The third-order valence-corrected chi connectivity index (χ3v) is 5.55. The van der Waals surface area contributed by atoms with E-state index in [2.05, 4.69) is 16.0 Å². The molecule has 1 saturated heterocycles. The van der Waals surface area contributed by atoms with Crippen molar-refractivity contribution < 1.29 is 9.53 Å². The summed E-state index contributed by atoms with van der Waals surface area (Å²) in [5, 5.41) is 9.34. The molecule has 0 N–H and O–H groups in total. The second-order valence-electron chi connectivity index (χ2n) is 7.41. The molecule has 0 bridgehead atoms. The van der Waals surface area contributed by atoms with E-state index in [0.717, 1.165) is 16.8 Å². The van der Waals surface area contributed by atoms with Gasteiger partial charge in [0.15, 0.2) is 0 Å². The third kappa shape index (κ3) is 3.60. The standard InChI is InChI=1S/C23H20N6O2/c24-15-16-2-1-3-18(14-16)20-19-6-9-29(22(30)17-4-7-25-8-5-17)21(19)27-23(26-20)28-10-12-31-13-11-28/h1-5,7-8,14H,6,9-13H2. The van der Waals surface area contributed by atoms with Crippen molar-refractivity contribution in [3.05, 3.63) is 65.5 Å². The van der Waals surface area contributed by atoms with Crippen molar-refractivity contribution in [2.24, 2.45) is 0 Å². The zero-order chi connectivity index (χ0) is 21.2. The maximum absolute atomic E-state index is 13.2. The number of hydrogen-bond donors (Lipinski definition) is 0. The van der Waals surface area contributed by atoms with E-state index in [1.54, 1.807) is 35.5 Å². The highest BCUT2D eigenvalue weighted by atomic mass is 16.5. The van der Waals surface area contributed by atoms with Gasteiger partial charge in [0.1, 0.15) is 5.82 Å². The molecule has 0 atom stereocenters. The summed E-state index contributed by atoms with van der Waals surface area (Å²) in [5.41, 5.74) is 3.69. The Morgan fingerprint density at radius 1 is 1.06 bits per heavy atom.